The normalized spacial score (nSPS) is 11.5. The Morgan fingerprint density at radius 3 is 2.57 bits per heavy atom. The van der Waals surface area contributed by atoms with E-state index >= 15 is 0 Å². The van der Waals surface area contributed by atoms with E-state index in [1.54, 1.807) is 20.8 Å². The van der Waals surface area contributed by atoms with Crippen LogP contribution in [-0.2, 0) is 4.79 Å². The second kappa shape index (κ2) is 7.06. The molecule has 8 heteroatoms. The molecule has 0 aromatic heterocycles. The monoisotopic (exact) mass is 347 g/mol. The molecule has 0 spiro atoms. The molecular formula is C13H15Cl2N3O2S. The third-order valence-corrected chi connectivity index (χ3v) is 3.04. The number of carbonyl (C=O) groups excluding carboxylic acids is 1. The number of phenolic OH excluding ortho intramolecular Hbond substituents is 1. The summed E-state index contributed by atoms with van der Waals surface area (Å²) in [6.45, 7) is 5.29. The van der Waals surface area contributed by atoms with E-state index in [1.165, 1.54) is 18.3 Å². The molecule has 1 amide bonds. The van der Waals surface area contributed by atoms with Crippen LogP contribution in [0.15, 0.2) is 17.2 Å². The molecule has 0 radical (unpaired) electrons. The van der Waals surface area contributed by atoms with Gasteiger partial charge in [0.1, 0.15) is 5.75 Å². The zero-order valence-electron chi connectivity index (χ0n) is 11.7. The van der Waals surface area contributed by atoms with Crippen LogP contribution in [0.1, 0.15) is 26.3 Å². The standard InChI is InChI=1S/C13H15Cl2N3O2S/c1-13(2,3)11(20)17-12(21)18-16-6-7-4-8(14)5-9(15)10(7)19/h4-6,19H,1-3H3,(H2,17,18,20,21)/b16-6-. The largest absolute Gasteiger partial charge is 0.506 e. The van der Waals surface area contributed by atoms with Crippen molar-refractivity contribution in [1.82, 2.24) is 10.7 Å². The molecule has 0 saturated carbocycles. The van der Waals surface area contributed by atoms with E-state index in [1.807, 2.05) is 0 Å². The van der Waals surface area contributed by atoms with Crippen LogP contribution in [0.5, 0.6) is 5.75 Å². The highest BCUT2D eigenvalue weighted by Gasteiger charge is 2.21. The number of benzene rings is 1. The van der Waals surface area contributed by atoms with Crippen molar-refractivity contribution in [2.24, 2.45) is 10.5 Å². The van der Waals surface area contributed by atoms with Gasteiger partial charge < -0.3 is 10.4 Å². The fourth-order valence-electron chi connectivity index (χ4n) is 1.16. The number of amides is 1. The van der Waals surface area contributed by atoms with Gasteiger partial charge in [0.15, 0.2) is 5.11 Å². The zero-order valence-corrected chi connectivity index (χ0v) is 14.0. The number of hydrazone groups is 1. The van der Waals surface area contributed by atoms with E-state index in [9.17, 15) is 9.90 Å². The van der Waals surface area contributed by atoms with Crippen molar-refractivity contribution in [3.8, 4) is 5.75 Å². The van der Waals surface area contributed by atoms with Crippen molar-refractivity contribution in [3.05, 3.63) is 27.7 Å². The van der Waals surface area contributed by atoms with Crippen LogP contribution in [0.3, 0.4) is 0 Å². The zero-order chi connectivity index (χ0) is 16.2. The Bertz CT molecular complexity index is 598. The maximum absolute atomic E-state index is 11.7. The molecule has 0 bridgehead atoms. The number of halogens is 2. The molecule has 0 atom stereocenters. The molecule has 0 unspecified atom stereocenters. The van der Waals surface area contributed by atoms with Crippen LogP contribution in [0.2, 0.25) is 10.0 Å². The van der Waals surface area contributed by atoms with Crippen molar-refractivity contribution < 1.29 is 9.90 Å². The summed E-state index contributed by atoms with van der Waals surface area (Å²) in [5.74, 6) is -0.375. The van der Waals surface area contributed by atoms with Crippen molar-refractivity contribution in [3.63, 3.8) is 0 Å². The number of nitrogens with zero attached hydrogens (tertiary/aromatic N) is 1. The highest BCUT2D eigenvalue weighted by atomic mass is 35.5. The average Bonchev–Trinajstić information content (AvgIpc) is 2.33. The van der Waals surface area contributed by atoms with Gasteiger partial charge in [0.25, 0.3) is 0 Å². The van der Waals surface area contributed by atoms with Gasteiger partial charge in [-0.1, -0.05) is 44.0 Å². The smallest absolute Gasteiger partial charge is 0.231 e. The van der Waals surface area contributed by atoms with Crippen molar-refractivity contribution in [1.29, 1.82) is 0 Å². The highest BCUT2D eigenvalue weighted by molar-refractivity contribution is 7.80. The molecule has 0 aliphatic carbocycles. The predicted octanol–water partition coefficient (Wildman–Crippen LogP) is 3.07. The molecule has 114 valence electrons. The fraction of sp³-hybridized carbons (Fsp3) is 0.308. The molecule has 0 aliphatic heterocycles. The van der Waals surface area contributed by atoms with E-state index in [-0.39, 0.29) is 21.8 Å². The van der Waals surface area contributed by atoms with Gasteiger partial charge in [-0.05, 0) is 24.4 Å². The number of nitrogens with one attached hydrogen (secondary N) is 2. The molecule has 5 nitrogen and oxygen atoms in total. The second-order valence-electron chi connectivity index (χ2n) is 5.23. The maximum Gasteiger partial charge on any atom is 0.231 e. The minimum atomic E-state index is -0.561. The lowest BCUT2D eigenvalue weighted by Crippen LogP contribution is -2.42. The summed E-state index contributed by atoms with van der Waals surface area (Å²) < 4.78 is 0. The Hall–Kier alpha value is -1.37. The van der Waals surface area contributed by atoms with E-state index < -0.39 is 5.41 Å². The highest BCUT2D eigenvalue weighted by Crippen LogP contribution is 2.29. The molecule has 0 saturated heterocycles. The van der Waals surface area contributed by atoms with Crippen molar-refractivity contribution in [2.45, 2.75) is 20.8 Å². The van der Waals surface area contributed by atoms with Crippen LogP contribution in [0.25, 0.3) is 0 Å². The summed E-state index contributed by atoms with van der Waals surface area (Å²) in [6, 6.07) is 2.90. The lowest BCUT2D eigenvalue weighted by molar-refractivity contribution is -0.126. The molecule has 0 aliphatic rings. The van der Waals surface area contributed by atoms with Crippen LogP contribution >= 0.6 is 35.4 Å². The lowest BCUT2D eigenvalue weighted by atomic mass is 9.96. The van der Waals surface area contributed by atoms with Crippen molar-refractivity contribution >= 4 is 52.7 Å². The predicted molar refractivity (Wildman–Crippen MR) is 89.1 cm³/mol. The van der Waals surface area contributed by atoms with Gasteiger partial charge in [0.05, 0.1) is 11.2 Å². The Kier molecular flexibility index (Phi) is 5.95. The topological polar surface area (TPSA) is 73.7 Å². The number of rotatable bonds is 2. The number of thiocarbonyl (C=S) groups is 1. The first-order valence-corrected chi connectivity index (χ1v) is 7.10. The maximum atomic E-state index is 11.7. The average molecular weight is 348 g/mol. The first-order valence-electron chi connectivity index (χ1n) is 5.94. The summed E-state index contributed by atoms with van der Waals surface area (Å²) in [7, 11) is 0. The van der Waals surface area contributed by atoms with Gasteiger partial charge in [0.2, 0.25) is 5.91 Å². The minimum absolute atomic E-state index is 0.0544. The first kappa shape index (κ1) is 17.7. The summed E-state index contributed by atoms with van der Waals surface area (Å²) >= 11 is 16.5. The van der Waals surface area contributed by atoms with E-state index in [0.29, 0.717) is 10.6 Å². The van der Waals surface area contributed by atoms with Crippen LogP contribution in [0, 0.1) is 5.41 Å². The molecular weight excluding hydrogens is 333 g/mol. The number of hydrogen-bond donors (Lipinski definition) is 3. The molecule has 0 heterocycles. The number of hydrogen-bond acceptors (Lipinski definition) is 4. The van der Waals surface area contributed by atoms with Gasteiger partial charge in [-0.2, -0.15) is 5.10 Å². The van der Waals surface area contributed by atoms with Crippen LogP contribution in [-0.4, -0.2) is 22.3 Å². The molecule has 1 aromatic carbocycles. The lowest BCUT2D eigenvalue weighted by Gasteiger charge is -2.17. The minimum Gasteiger partial charge on any atom is -0.506 e. The number of carbonyl (C=O) groups is 1. The first-order chi connectivity index (χ1) is 9.61. The summed E-state index contributed by atoms with van der Waals surface area (Å²) in [4.78, 5) is 11.7. The second-order valence-corrected chi connectivity index (χ2v) is 6.48. The molecule has 3 N–H and O–H groups in total. The summed E-state index contributed by atoms with van der Waals surface area (Å²) in [6.07, 6.45) is 1.29. The van der Waals surface area contributed by atoms with Gasteiger partial charge in [-0.15, -0.1) is 0 Å². The molecule has 1 rings (SSSR count). The SMILES string of the molecule is CC(C)(C)C(=O)NC(=S)N/N=C\c1cc(Cl)cc(Cl)c1O. The van der Waals surface area contributed by atoms with E-state index in [2.05, 4.69) is 15.8 Å². The van der Waals surface area contributed by atoms with Crippen LogP contribution in [0.4, 0.5) is 0 Å². The molecule has 0 fully saturated rings. The Morgan fingerprint density at radius 1 is 1.38 bits per heavy atom. The van der Waals surface area contributed by atoms with Gasteiger partial charge in [-0.25, -0.2) is 0 Å². The summed E-state index contributed by atoms with van der Waals surface area (Å²) in [5, 5.41) is 16.6. The van der Waals surface area contributed by atoms with Gasteiger partial charge >= 0.3 is 0 Å². The van der Waals surface area contributed by atoms with E-state index in [0.717, 1.165) is 0 Å². The molecule has 21 heavy (non-hydrogen) atoms. The molecule has 1 aromatic rings. The number of phenols is 1. The Labute approximate surface area is 138 Å². The van der Waals surface area contributed by atoms with Crippen molar-refractivity contribution in [2.75, 3.05) is 0 Å². The fourth-order valence-corrected chi connectivity index (χ4v) is 1.82. The summed E-state index contributed by atoms with van der Waals surface area (Å²) in [5.41, 5.74) is 2.23. The Morgan fingerprint density at radius 2 is 2.00 bits per heavy atom. The quantitative estimate of drug-likeness (QED) is 0.436. The number of aromatic hydroxyl groups is 1. The van der Waals surface area contributed by atoms with Gasteiger partial charge in [-0.3, -0.25) is 10.2 Å². The third kappa shape index (κ3) is 5.49. The van der Waals surface area contributed by atoms with Gasteiger partial charge in [0, 0.05) is 16.0 Å². The third-order valence-electron chi connectivity index (χ3n) is 2.34. The van der Waals surface area contributed by atoms with E-state index in [4.69, 9.17) is 35.4 Å². The Balaban J connectivity index is 2.67. The van der Waals surface area contributed by atoms with Crippen LogP contribution < -0.4 is 10.7 Å².